The molecule has 0 bridgehead atoms. The summed E-state index contributed by atoms with van der Waals surface area (Å²) >= 11 is 3.34. The molecule has 84 valence electrons. The zero-order valence-electron chi connectivity index (χ0n) is 9.19. The third-order valence-electron chi connectivity index (χ3n) is 2.82. The minimum absolute atomic E-state index is 0.132. The molecule has 1 aliphatic rings. The van der Waals surface area contributed by atoms with E-state index in [1.807, 2.05) is 9.95 Å². The summed E-state index contributed by atoms with van der Waals surface area (Å²) in [5.74, 6) is 0. The van der Waals surface area contributed by atoms with Gasteiger partial charge in [0.15, 0.2) is 5.16 Å². The van der Waals surface area contributed by atoms with Crippen molar-refractivity contribution in [3.63, 3.8) is 0 Å². The Hall–Kier alpha value is -0.810. The third kappa shape index (κ3) is 1.34. The Morgan fingerprint density at radius 1 is 1.62 bits per heavy atom. The molecular weight excluding hydrogens is 240 g/mol. The predicted octanol–water partition coefficient (Wildman–Crippen LogP) is 2.51. The molecule has 5 heteroatoms. The first-order valence-electron chi connectivity index (χ1n) is 5.38. The zero-order chi connectivity index (χ0) is 11.3. The second-order valence-corrected chi connectivity index (χ2v) is 6.38. The van der Waals surface area contributed by atoms with Crippen molar-refractivity contribution in [2.24, 2.45) is 0 Å². The Labute approximate surface area is 102 Å². The van der Waals surface area contributed by atoms with E-state index in [9.17, 15) is 4.79 Å². The molecule has 0 radical (unpaired) electrons. The summed E-state index contributed by atoms with van der Waals surface area (Å²) in [5.41, 5.74) is 1.05. The Bertz CT molecular complexity index is 614. The van der Waals surface area contributed by atoms with Crippen molar-refractivity contribution in [3.05, 3.63) is 20.6 Å². The van der Waals surface area contributed by atoms with Gasteiger partial charge in [-0.3, -0.25) is 9.36 Å². The SMILES string of the molecule is CCc1scc2c(=O)n3c(nc12)SC(C)C3. The van der Waals surface area contributed by atoms with E-state index in [0.717, 1.165) is 29.0 Å². The monoisotopic (exact) mass is 252 g/mol. The van der Waals surface area contributed by atoms with Crippen LogP contribution in [0.25, 0.3) is 10.9 Å². The van der Waals surface area contributed by atoms with Crippen molar-refractivity contribution < 1.29 is 0 Å². The summed E-state index contributed by atoms with van der Waals surface area (Å²) in [7, 11) is 0. The maximum atomic E-state index is 12.2. The molecule has 0 N–H and O–H groups in total. The van der Waals surface area contributed by atoms with E-state index >= 15 is 0 Å². The van der Waals surface area contributed by atoms with E-state index < -0.39 is 0 Å². The molecule has 0 saturated heterocycles. The molecule has 16 heavy (non-hydrogen) atoms. The highest BCUT2D eigenvalue weighted by Crippen LogP contribution is 2.31. The van der Waals surface area contributed by atoms with Crippen LogP contribution in [0.2, 0.25) is 0 Å². The van der Waals surface area contributed by atoms with E-state index in [-0.39, 0.29) is 5.56 Å². The van der Waals surface area contributed by atoms with Crippen LogP contribution < -0.4 is 5.56 Å². The molecule has 0 amide bonds. The van der Waals surface area contributed by atoms with Gasteiger partial charge in [0.25, 0.3) is 5.56 Å². The van der Waals surface area contributed by atoms with E-state index in [1.165, 1.54) is 4.88 Å². The van der Waals surface area contributed by atoms with Gasteiger partial charge in [0.2, 0.25) is 0 Å². The fourth-order valence-electron chi connectivity index (χ4n) is 2.03. The fraction of sp³-hybridized carbons (Fsp3) is 0.455. The summed E-state index contributed by atoms with van der Waals surface area (Å²) in [6.45, 7) is 5.03. The van der Waals surface area contributed by atoms with Crippen molar-refractivity contribution in [1.29, 1.82) is 0 Å². The largest absolute Gasteiger partial charge is 0.286 e. The van der Waals surface area contributed by atoms with Crippen LogP contribution in [0.15, 0.2) is 15.3 Å². The van der Waals surface area contributed by atoms with E-state index in [2.05, 4.69) is 18.8 Å². The summed E-state index contributed by atoms with van der Waals surface area (Å²) in [6.07, 6.45) is 0.949. The molecule has 3 rings (SSSR count). The van der Waals surface area contributed by atoms with E-state index in [1.54, 1.807) is 23.1 Å². The lowest BCUT2D eigenvalue weighted by Crippen LogP contribution is -2.20. The minimum Gasteiger partial charge on any atom is -0.286 e. The van der Waals surface area contributed by atoms with Crippen LogP contribution in [-0.2, 0) is 13.0 Å². The van der Waals surface area contributed by atoms with Crippen LogP contribution in [0.1, 0.15) is 18.7 Å². The Balaban J connectivity index is 2.35. The lowest BCUT2D eigenvalue weighted by atomic mass is 10.3. The summed E-state index contributed by atoms with van der Waals surface area (Å²) < 4.78 is 1.81. The second-order valence-electron chi connectivity index (χ2n) is 4.01. The van der Waals surface area contributed by atoms with Crippen molar-refractivity contribution in [2.75, 3.05) is 0 Å². The fourth-order valence-corrected chi connectivity index (χ4v) is 3.95. The van der Waals surface area contributed by atoms with Gasteiger partial charge in [-0.1, -0.05) is 25.6 Å². The van der Waals surface area contributed by atoms with Gasteiger partial charge in [0.1, 0.15) is 0 Å². The van der Waals surface area contributed by atoms with Gasteiger partial charge < -0.3 is 0 Å². The highest BCUT2D eigenvalue weighted by atomic mass is 32.2. The number of nitrogens with zero attached hydrogens (tertiary/aromatic N) is 2. The van der Waals surface area contributed by atoms with Gasteiger partial charge in [-0.15, -0.1) is 11.3 Å². The molecule has 1 atom stereocenters. The van der Waals surface area contributed by atoms with Crippen LogP contribution in [0.3, 0.4) is 0 Å². The highest BCUT2D eigenvalue weighted by molar-refractivity contribution is 7.99. The molecule has 0 saturated carbocycles. The van der Waals surface area contributed by atoms with Gasteiger partial charge >= 0.3 is 0 Å². The minimum atomic E-state index is 0.132. The lowest BCUT2D eigenvalue weighted by Gasteiger charge is -2.01. The summed E-state index contributed by atoms with van der Waals surface area (Å²) in [4.78, 5) is 18.1. The average molecular weight is 252 g/mol. The molecule has 0 spiro atoms. The smallest absolute Gasteiger partial charge is 0.262 e. The first-order chi connectivity index (χ1) is 7.70. The first-order valence-corrected chi connectivity index (χ1v) is 7.14. The van der Waals surface area contributed by atoms with Crippen LogP contribution in [0, 0.1) is 0 Å². The summed E-state index contributed by atoms with van der Waals surface area (Å²) in [5, 5.41) is 4.09. The second kappa shape index (κ2) is 3.60. The average Bonchev–Trinajstić information content (AvgIpc) is 2.81. The van der Waals surface area contributed by atoms with Gasteiger partial charge in [0, 0.05) is 22.1 Å². The molecule has 0 aliphatic carbocycles. The number of thioether (sulfide) groups is 1. The molecule has 1 aliphatic heterocycles. The van der Waals surface area contributed by atoms with Crippen LogP contribution in [0.4, 0.5) is 0 Å². The molecule has 0 aromatic carbocycles. The van der Waals surface area contributed by atoms with E-state index in [4.69, 9.17) is 0 Å². The Morgan fingerprint density at radius 3 is 3.19 bits per heavy atom. The number of rotatable bonds is 1. The quantitative estimate of drug-likeness (QED) is 0.731. The number of fused-ring (bicyclic) bond motifs is 2. The van der Waals surface area contributed by atoms with Crippen molar-refractivity contribution in [2.45, 2.75) is 37.2 Å². The van der Waals surface area contributed by atoms with Crippen molar-refractivity contribution >= 4 is 34.0 Å². The summed E-state index contributed by atoms with van der Waals surface area (Å²) in [6, 6.07) is 0. The predicted molar refractivity (Wildman–Crippen MR) is 68.6 cm³/mol. The third-order valence-corrected chi connectivity index (χ3v) is 5.01. The molecule has 3 heterocycles. The lowest BCUT2D eigenvalue weighted by molar-refractivity contribution is 0.629. The van der Waals surface area contributed by atoms with Gasteiger partial charge in [-0.25, -0.2) is 4.98 Å². The van der Waals surface area contributed by atoms with E-state index in [0.29, 0.717) is 5.25 Å². The molecule has 0 fully saturated rings. The number of thiophene rings is 1. The normalized spacial score (nSPS) is 19.2. The van der Waals surface area contributed by atoms with Crippen molar-refractivity contribution in [3.8, 4) is 0 Å². The Kier molecular flexibility index (Phi) is 2.33. The van der Waals surface area contributed by atoms with Gasteiger partial charge in [0.05, 0.1) is 10.9 Å². The number of aryl methyl sites for hydroxylation is 1. The Morgan fingerprint density at radius 2 is 2.44 bits per heavy atom. The molecule has 2 aromatic rings. The van der Waals surface area contributed by atoms with Crippen LogP contribution in [-0.4, -0.2) is 14.8 Å². The molecule has 1 unspecified atom stereocenters. The number of aromatic nitrogens is 2. The maximum absolute atomic E-state index is 12.2. The van der Waals surface area contributed by atoms with Gasteiger partial charge in [-0.2, -0.15) is 0 Å². The topological polar surface area (TPSA) is 34.9 Å². The molecular formula is C11H12N2OS2. The molecule has 3 nitrogen and oxygen atoms in total. The number of hydrogen-bond acceptors (Lipinski definition) is 4. The standard InChI is InChI=1S/C11H12N2OS2/c1-3-8-9-7(5-15-8)10(14)13-4-6(2)16-11(13)12-9/h5-6H,3-4H2,1-2H3. The maximum Gasteiger partial charge on any atom is 0.262 e. The first kappa shape index (κ1) is 10.4. The zero-order valence-corrected chi connectivity index (χ0v) is 10.8. The van der Waals surface area contributed by atoms with Crippen LogP contribution >= 0.6 is 23.1 Å². The van der Waals surface area contributed by atoms with Crippen molar-refractivity contribution in [1.82, 2.24) is 9.55 Å². The van der Waals surface area contributed by atoms with Crippen LogP contribution in [0.5, 0.6) is 0 Å². The highest BCUT2D eigenvalue weighted by Gasteiger charge is 2.23. The number of hydrogen-bond donors (Lipinski definition) is 0. The molecule has 2 aromatic heterocycles. The van der Waals surface area contributed by atoms with Gasteiger partial charge in [-0.05, 0) is 6.42 Å².